The highest BCUT2D eigenvalue weighted by molar-refractivity contribution is 5.95. The molecule has 1 amide bonds. The van der Waals surface area contributed by atoms with Crippen LogP contribution in [0.15, 0.2) is 47.7 Å². The van der Waals surface area contributed by atoms with Crippen molar-refractivity contribution in [2.24, 2.45) is 5.92 Å². The van der Waals surface area contributed by atoms with E-state index in [1.165, 1.54) is 16.3 Å². The van der Waals surface area contributed by atoms with E-state index in [0.29, 0.717) is 18.5 Å². The molecular weight excluding hydrogens is 300 g/mol. The van der Waals surface area contributed by atoms with E-state index in [1.54, 1.807) is 7.11 Å². The minimum absolute atomic E-state index is 0.0875. The Labute approximate surface area is 141 Å². The van der Waals surface area contributed by atoms with Gasteiger partial charge in [-0.3, -0.25) is 4.79 Å². The summed E-state index contributed by atoms with van der Waals surface area (Å²) in [6.45, 7) is 2.77. The second kappa shape index (κ2) is 5.86. The van der Waals surface area contributed by atoms with Crippen molar-refractivity contribution in [1.29, 1.82) is 0 Å². The van der Waals surface area contributed by atoms with Gasteiger partial charge in [0.2, 0.25) is 5.91 Å². The van der Waals surface area contributed by atoms with Crippen LogP contribution in [0.5, 0.6) is 5.75 Å². The molecule has 1 aliphatic carbocycles. The number of rotatable bonds is 2. The second-order valence-electron chi connectivity index (χ2n) is 6.75. The predicted molar refractivity (Wildman–Crippen MR) is 94.8 cm³/mol. The standard InChI is InChI=1S/C20H22N2O2/c1-12-7-18-19(21-11-22-20(18)23)10-16(12)17-9-14(24-2)8-13-5-3-4-6-15(13)17/h3-6,8-9,12,16,21H,7,10-11H2,1-2H3,(H,22,23). The normalized spacial score (nSPS) is 23.5. The Morgan fingerprint density at radius 2 is 1.96 bits per heavy atom. The van der Waals surface area contributed by atoms with Crippen molar-refractivity contribution in [2.75, 3.05) is 13.8 Å². The van der Waals surface area contributed by atoms with Crippen LogP contribution in [0.1, 0.15) is 31.2 Å². The predicted octanol–water partition coefficient (Wildman–Crippen LogP) is 3.29. The zero-order chi connectivity index (χ0) is 16.7. The number of fused-ring (bicyclic) bond motifs is 1. The summed E-state index contributed by atoms with van der Waals surface area (Å²) in [5.41, 5.74) is 3.35. The van der Waals surface area contributed by atoms with Gasteiger partial charge in [0, 0.05) is 11.3 Å². The lowest BCUT2D eigenvalue weighted by Gasteiger charge is -2.36. The van der Waals surface area contributed by atoms with Gasteiger partial charge < -0.3 is 15.4 Å². The molecule has 4 rings (SSSR count). The van der Waals surface area contributed by atoms with E-state index < -0.39 is 0 Å². The Hall–Kier alpha value is -2.49. The summed E-state index contributed by atoms with van der Waals surface area (Å²) in [5, 5.41) is 8.72. The Morgan fingerprint density at radius 3 is 2.79 bits per heavy atom. The molecule has 2 aromatic rings. The van der Waals surface area contributed by atoms with Gasteiger partial charge in [0.05, 0.1) is 13.8 Å². The van der Waals surface area contributed by atoms with E-state index in [1.807, 2.05) is 0 Å². The molecule has 24 heavy (non-hydrogen) atoms. The van der Waals surface area contributed by atoms with E-state index in [0.717, 1.165) is 29.9 Å². The Morgan fingerprint density at radius 1 is 1.12 bits per heavy atom. The van der Waals surface area contributed by atoms with Gasteiger partial charge in [-0.15, -0.1) is 0 Å². The molecule has 4 nitrogen and oxygen atoms in total. The van der Waals surface area contributed by atoms with Crippen LogP contribution in [0, 0.1) is 5.92 Å². The highest BCUT2D eigenvalue weighted by atomic mass is 16.5. The van der Waals surface area contributed by atoms with E-state index in [9.17, 15) is 4.79 Å². The van der Waals surface area contributed by atoms with Crippen molar-refractivity contribution < 1.29 is 9.53 Å². The quantitative estimate of drug-likeness (QED) is 0.892. The van der Waals surface area contributed by atoms with Crippen LogP contribution in [0.3, 0.4) is 0 Å². The Kier molecular flexibility index (Phi) is 3.68. The second-order valence-corrected chi connectivity index (χ2v) is 6.75. The third-order valence-electron chi connectivity index (χ3n) is 5.33. The van der Waals surface area contributed by atoms with Crippen molar-refractivity contribution in [1.82, 2.24) is 10.6 Å². The minimum Gasteiger partial charge on any atom is -0.497 e. The SMILES string of the molecule is COc1cc(C2CC3=C(CC2C)C(=O)NCN3)c2ccccc2c1. The maximum Gasteiger partial charge on any atom is 0.250 e. The van der Waals surface area contributed by atoms with Crippen LogP contribution < -0.4 is 15.4 Å². The van der Waals surface area contributed by atoms with Crippen molar-refractivity contribution in [2.45, 2.75) is 25.7 Å². The van der Waals surface area contributed by atoms with E-state index in [2.05, 4.69) is 54.0 Å². The molecule has 4 heteroatoms. The fourth-order valence-electron chi connectivity index (χ4n) is 4.03. The van der Waals surface area contributed by atoms with Crippen molar-refractivity contribution in [3.63, 3.8) is 0 Å². The maximum absolute atomic E-state index is 12.1. The van der Waals surface area contributed by atoms with E-state index >= 15 is 0 Å². The Bertz CT molecular complexity index is 841. The molecule has 2 aliphatic rings. The summed E-state index contributed by atoms with van der Waals surface area (Å²) in [5.74, 6) is 1.77. The molecule has 2 atom stereocenters. The molecule has 124 valence electrons. The van der Waals surface area contributed by atoms with Gasteiger partial charge in [-0.05, 0) is 53.1 Å². The van der Waals surface area contributed by atoms with Crippen molar-refractivity contribution in [3.8, 4) is 5.75 Å². The van der Waals surface area contributed by atoms with E-state index in [-0.39, 0.29) is 5.91 Å². The zero-order valence-electron chi connectivity index (χ0n) is 14.1. The highest BCUT2D eigenvalue weighted by Crippen LogP contribution is 2.43. The summed E-state index contributed by atoms with van der Waals surface area (Å²) in [6, 6.07) is 12.7. The van der Waals surface area contributed by atoms with Gasteiger partial charge in [-0.1, -0.05) is 31.2 Å². The van der Waals surface area contributed by atoms with Crippen LogP contribution in [0.25, 0.3) is 10.8 Å². The fraction of sp³-hybridized carbons (Fsp3) is 0.350. The van der Waals surface area contributed by atoms with Gasteiger partial charge in [0.25, 0.3) is 0 Å². The van der Waals surface area contributed by atoms with Crippen LogP contribution in [-0.2, 0) is 4.79 Å². The molecule has 0 fully saturated rings. The van der Waals surface area contributed by atoms with Crippen LogP contribution in [-0.4, -0.2) is 19.7 Å². The summed E-state index contributed by atoms with van der Waals surface area (Å²) >= 11 is 0. The topological polar surface area (TPSA) is 50.4 Å². The summed E-state index contributed by atoms with van der Waals surface area (Å²) < 4.78 is 5.52. The first kappa shape index (κ1) is 15.1. The van der Waals surface area contributed by atoms with Gasteiger partial charge in [-0.2, -0.15) is 0 Å². The highest BCUT2D eigenvalue weighted by Gasteiger charge is 2.33. The molecule has 2 unspecified atom stereocenters. The lowest BCUT2D eigenvalue weighted by atomic mass is 9.73. The summed E-state index contributed by atoms with van der Waals surface area (Å²) in [7, 11) is 1.71. The maximum atomic E-state index is 12.1. The van der Waals surface area contributed by atoms with Gasteiger partial charge in [0.15, 0.2) is 0 Å². The molecule has 0 saturated carbocycles. The molecule has 0 aromatic heterocycles. The molecule has 2 N–H and O–H groups in total. The molecule has 2 aromatic carbocycles. The number of methoxy groups -OCH3 is 1. The molecule has 0 saturated heterocycles. The lowest BCUT2D eigenvalue weighted by Crippen LogP contribution is -2.43. The van der Waals surface area contributed by atoms with Gasteiger partial charge >= 0.3 is 0 Å². The third kappa shape index (κ3) is 2.42. The molecule has 0 spiro atoms. The van der Waals surface area contributed by atoms with Crippen molar-refractivity contribution >= 4 is 16.7 Å². The number of hydrogen-bond donors (Lipinski definition) is 2. The van der Waals surface area contributed by atoms with Gasteiger partial charge in [-0.25, -0.2) is 0 Å². The smallest absolute Gasteiger partial charge is 0.250 e. The average Bonchev–Trinajstić information content (AvgIpc) is 2.61. The number of carbonyl (C=O) groups excluding carboxylic acids is 1. The molecule has 1 aliphatic heterocycles. The number of allylic oxidation sites excluding steroid dienone is 1. The number of carbonyl (C=O) groups is 1. The molecule has 1 heterocycles. The van der Waals surface area contributed by atoms with Crippen LogP contribution in [0.4, 0.5) is 0 Å². The summed E-state index contributed by atoms with van der Waals surface area (Å²) in [6.07, 6.45) is 1.69. The zero-order valence-corrected chi connectivity index (χ0v) is 14.1. The third-order valence-corrected chi connectivity index (χ3v) is 5.33. The minimum atomic E-state index is 0.0875. The number of nitrogens with one attached hydrogen (secondary N) is 2. The average molecular weight is 322 g/mol. The van der Waals surface area contributed by atoms with Crippen molar-refractivity contribution in [3.05, 3.63) is 53.2 Å². The van der Waals surface area contributed by atoms with E-state index in [4.69, 9.17) is 4.74 Å². The first-order valence-electron chi connectivity index (χ1n) is 8.48. The molecule has 0 radical (unpaired) electrons. The molecular formula is C20H22N2O2. The number of hydrogen-bond acceptors (Lipinski definition) is 3. The lowest BCUT2D eigenvalue weighted by molar-refractivity contribution is -0.118. The largest absolute Gasteiger partial charge is 0.497 e. The molecule has 0 bridgehead atoms. The van der Waals surface area contributed by atoms with Crippen LogP contribution in [0.2, 0.25) is 0 Å². The first-order chi connectivity index (χ1) is 11.7. The number of amides is 1. The number of ether oxygens (including phenoxy) is 1. The fourth-order valence-corrected chi connectivity index (χ4v) is 4.03. The monoisotopic (exact) mass is 322 g/mol. The van der Waals surface area contributed by atoms with Gasteiger partial charge in [0.1, 0.15) is 5.75 Å². The van der Waals surface area contributed by atoms with Crippen LogP contribution >= 0.6 is 0 Å². The number of benzene rings is 2. The first-order valence-corrected chi connectivity index (χ1v) is 8.48. The Balaban J connectivity index is 1.81. The summed E-state index contributed by atoms with van der Waals surface area (Å²) in [4.78, 5) is 12.1.